The maximum Gasteiger partial charge on any atom is 0.337 e. The van der Waals surface area contributed by atoms with Crippen molar-refractivity contribution in [2.45, 2.75) is 34.3 Å². The highest BCUT2D eigenvalue weighted by molar-refractivity contribution is 9.10. The Hall–Kier alpha value is 2.62. The van der Waals surface area contributed by atoms with Crippen molar-refractivity contribution >= 4 is 91.2 Å². The fraction of sp³-hybridized carbons (Fsp3) is 1.00. The van der Waals surface area contributed by atoms with Crippen LogP contribution in [0.2, 0.25) is 0 Å². The molecule has 0 amide bonds. The van der Waals surface area contributed by atoms with Gasteiger partial charge in [0.15, 0.2) is 0 Å². The lowest BCUT2D eigenvalue weighted by atomic mass is 10.5. The summed E-state index contributed by atoms with van der Waals surface area (Å²) in [6, 6.07) is 0. The Bertz CT molecular complexity index is 240. The van der Waals surface area contributed by atoms with E-state index >= 15 is 0 Å². The number of hydrogen-bond donors (Lipinski definition) is 0. The van der Waals surface area contributed by atoms with Crippen LogP contribution in [0.1, 0.15) is 20.8 Å². The molecule has 0 aromatic carbocycles. The SMILES string of the molecule is CC(Br)(CCl)OP(OC(C)(Br)CCl)OC(C)(Br)CCl. The van der Waals surface area contributed by atoms with Crippen molar-refractivity contribution in [3.63, 3.8) is 0 Å². The Morgan fingerprint density at radius 1 is 0.737 bits per heavy atom. The van der Waals surface area contributed by atoms with Crippen molar-refractivity contribution in [3.05, 3.63) is 0 Å². The molecule has 0 aliphatic rings. The summed E-state index contributed by atoms with van der Waals surface area (Å²) in [6.45, 7) is 5.29. The van der Waals surface area contributed by atoms with Gasteiger partial charge in [-0.3, -0.25) is 13.6 Å². The monoisotopic (exact) mass is 544 g/mol. The molecule has 0 radical (unpaired) electrons. The van der Waals surface area contributed by atoms with Crippen molar-refractivity contribution in [2.24, 2.45) is 0 Å². The van der Waals surface area contributed by atoms with Gasteiger partial charge in [0.2, 0.25) is 0 Å². The summed E-state index contributed by atoms with van der Waals surface area (Å²) in [6.07, 6.45) is 0. The minimum Gasteiger partial charge on any atom is -0.293 e. The number of alkyl halides is 6. The molecule has 3 unspecified atom stereocenters. The van der Waals surface area contributed by atoms with Gasteiger partial charge in [0, 0.05) is 0 Å². The summed E-state index contributed by atoms with van der Waals surface area (Å²) in [5, 5.41) is 0. The molecule has 0 aromatic rings. The highest BCUT2D eigenvalue weighted by Crippen LogP contribution is 2.54. The van der Waals surface area contributed by atoms with E-state index in [9.17, 15) is 0 Å². The Morgan fingerprint density at radius 2 is 0.947 bits per heavy atom. The average molecular weight is 548 g/mol. The Kier molecular flexibility index (Phi) is 10.3. The van der Waals surface area contributed by atoms with Gasteiger partial charge < -0.3 is 0 Å². The summed E-state index contributed by atoms with van der Waals surface area (Å²) < 4.78 is 14.8. The second-order valence-electron chi connectivity index (χ2n) is 4.20. The van der Waals surface area contributed by atoms with Crippen LogP contribution in [0.4, 0.5) is 0 Å². The van der Waals surface area contributed by atoms with Crippen LogP contribution in [0.15, 0.2) is 0 Å². The minimum absolute atomic E-state index is 0.221. The van der Waals surface area contributed by atoms with E-state index in [1.165, 1.54) is 0 Å². The van der Waals surface area contributed by atoms with Gasteiger partial charge in [-0.1, -0.05) is 47.8 Å². The molecule has 0 N–H and O–H groups in total. The summed E-state index contributed by atoms with van der Waals surface area (Å²) in [5.41, 5.74) is 0. The third kappa shape index (κ3) is 10.1. The Morgan fingerprint density at radius 3 is 1.11 bits per heavy atom. The van der Waals surface area contributed by atoms with Gasteiger partial charge in [0.25, 0.3) is 0 Å². The number of rotatable bonds is 9. The van der Waals surface area contributed by atoms with E-state index in [1.54, 1.807) is 20.8 Å². The molecule has 0 spiro atoms. The van der Waals surface area contributed by atoms with Crippen LogP contribution in [0.25, 0.3) is 0 Å². The van der Waals surface area contributed by atoms with Crippen LogP contribution in [0.5, 0.6) is 0 Å². The molecule has 0 heterocycles. The zero-order valence-corrected chi connectivity index (χ0v) is 18.5. The second-order valence-corrected chi connectivity index (χ2v) is 11.0. The molecule has 0 aromatic heterocycles. The van der Waals surface area contributed by atoms with Crippen molar-refractivity contribution in [1.29, 1.82) is 0 Å². The maximum atomic E-state index is 5.80. The molecular weight excluding hydrogens is 533 g/mol. The molecule has 0 fully saturated rings. The molecule has 0 aliphatic carbocycles. The quantitative estimate of drug-likeness (QED) is 0.250. The van der Waals surface area contributed by atoms with E-state index in [4.69, 9.17) is 48.4 Å². The highest BCUT2D eigenvalue weighted by atomic mass is 79.9. The van der Waals surface area contributed by atoms with E-state index in [0.717, 1.165) is 0 Å². The summed E-state index contributed by atoms with van der Waals surface area (Å²) in [7, 11) is -1.74. The first kappa shape index (κ1) is 21.6. The number of halogens is 6. The molecule has 0 aliphatic heterocycles. The number of hydrogen-bond acceptors (Lipinski definition) is 3. The molecule has 3 atom stereocenters. The van der Waals surface area contributed by atoms with Crippen molar-refractivity contribution in [1.82, 2.24) is 0 Å². The molecule has 0 saturated heterocycles. The van der Waals surface area contributed by atoms with Gasteiger partial charge >= 0.3 is 8.60 Å². The lowest BCUT2D eigenvalue weighted by Gasteiger charge is -2.33. The molecule has 0 bridgehead atoms. The van der Waals surface area contributed by atoms with Gasteiger partial charge in [0.1, 0.15) is 13.5 Å². The first-order valence-electron chi connectivity index (χ1n) is 5.09. The zero-order chi connectivity index (χ0) is 15.3. The van der Waals surface area contributed by atoms with Crippen molar-refractivity contribution in [3.8, 4) is 0 Å². The predicted molar refractivity (Wildman–Crippen MR) is 94.3 cm³/mol. The summed E-state index contributed by atoms with van der Waals surface area (Å²) >= 11 is 27.4. The van der Waals surface area contributed by atoms with E-state index in [1.807, 2.05) is 0 Å². The fourth-order valence-electron chi connectivity index (χ4n) is 0.595. The third-order valence-corrected chi connectivity index (χ3v) is 7.74. The molecule has 116 valence electrons. The van der Waals surface area contributed by atoms with Crippen molar-refractivity contribution in [2.75, 3.05) is 17.6 Å². The van der Waals surface area contributed by atoms with E-state index < -0.39 is 22.1 Å². The van der Waals surface area contributed by atoms with Crippen LogP contribution in [0, 0.1) is 0 Å². The van der Waals surface area contributed by atoms with Crippen LogP contribution in [-0.4, -0.2) is 31.2 Å². The predicted octanol–water partition coefficient (Wildman–Crippen LogP) is 6.31. The van der Waals surface area contributed by atoms with Gasteiger partial charge in [0.05, 0.1) is 17.6 Å². The van der Waals surface area contributed by atoms with E-state index in [-0.39, 0.29) is 17.6 Å². The van der Waals surface area contributed by atoms with Crippen LogP contribution < -0.4 is 0 Å². The molecular formula is C9H15Br3Cl3O3P. The van der Waals surface area contributed by atoms with E-state index in [0.29, 0.717) is 0 Å². The van der Waals surface area contributed by atoms with Gasteiger partial charge in [-0.15, -0.1) is 34.8 Å². The average Bonchev–Trinajstić information content (AvgIpc) is 2.27. The smallest absolute Gasteiger partial charge is 0.293 e. The van der Waals surface area contributed by atoms with Crippen LogP contribution in [0.3, 0.4) is 0 Å². The van der Waals surface area contributed by atoms with Gasteiger partial charge in [-0.05, 0) is 20.8 Å². The standard InChI is InChI=1S/C9H15Br3Cl3O3P/c1-7(10,4-13)16-19(17-8(2,11)5-14)18-9(3,12)6-15/h4-6H2,1-3H3. The second kappa shape index (κ2) is 9.05. The van der Waals surface area contributed by atoms with Gasteiger partial charge in [-0.2, -0.15) is 0 Å². The molecule has 3 nitrogen and oxygen atoms in total. The van der Waals surface area contributed by atoms with Crippen LogP contribution >= 0.6 is 91.2 Å². The minimum atomic E-state index is -1.74. The molecule has 10 heteroatoms. The topological polar surface area (TPSA) is 27.7 Å². The van der Waals surface area contributed by atoms with E-state index in [2.05, 4.69) is 47.8 Å². The lowest BCUT2D eigenvalue weighted by molar-refractivity contribution is 0.0732. The summed E-state index contributed by atoms with van der Waals surface area (Å²) in [5.74, 6) is 0.662. The van der Waals surface area contributed by atoms with Gasteiger partial charge in [-0.25, -0.2) is 0 Å². The van der Waals surface area contributed by atoms with Crippen LogP contribution in [-0.2, 0) is 13.6 Å². The molecule has 0 rings (SSSR count). The largest absolute Gasteiger partial charge is 0.337 e. The Labute approximate surface area is 155 Å². The molecule has 0 saturated carbocycles. The summed E-state index contributed by atoms with van der Waals surface area (Å²) in [4.78, 5) is 0. The lowest BCUT2D eigenvalue weighted by Crippen LogP contribution is -2.29. The Balaban J connectivity index is 4.84. The maximum absolute atomic E-state index is 5.80. The van der Waals surface area contributed by atoms with Crippen molar-refractivity contribution < 1.29 is 13.6 Å². The first-order valence-corrected chi connectivity index (χ1v) is 10.2. The fourth-order valence-corrected chi connectivity index (χ4v) is 3.29. The normalized spacial score (nSPS) is 23.2. The highest BCUT2D eigenvalue weighted by Gasteiger charge is 2.37. The third-order valence-electron chi connectivity index (χ3n) is 1.51. The molecule has 19 heavy (non-hydrogen) atoms. The zero-order valence-electron chi connectivity index (χ0n) is 10.6. The first-order chi connectivity index (χ1) is 8.47.